The smallest absolute Gasteiger partial charge is 0.0900 e. The highest BCUT2D eigenvalue weighted by Gasteiger charge is 2.00. The van der Waals surface area contributed by atoms with Crippen LogP contribution in [0.5, 0.6) is 0 Å². The van der Waals surface area contributed by atoms with Crippen LogP contribution in [-0.2, 0) is 6.54 Å². The maximum absolute atomic E-state index is 4.23. The van der Waals surface area contributed by atoms with Crippen molar-refractivity contribution < 1.29 is 0 Å². The van der Waals surface area contributed by atoms with Gasteiger partial charge in [-0.1, -0.05) is 0 Å². The Hall–Kier alpha value is -1.81. The van der Waals surface area contributed by atoms with Crippen LogP contribution in [0.15, 0.2) is 37.1 Å². The topological polar surface area (TPSA) is 50.7 Å². The van der Waals surface area contributed by atoms with Gasteiger partial charge in [0.05, 0.1) is 11.9 Å². The lowest BCUT2D eigenvalue weighted by atomic mass is 10.1. The van der Waals surface area contributed by atoms with Gasteiger partial charge < -0.3 is 5.32 Å². The predicted molar refractivity (Wildman–Crippen MR) is 58.0 cm³/mol. The largest absolute Gasteiger partial charge is 0.316 e. The quantitative estimate of drug-likeness (QED) is 0.810. The lowest BCUT2D eigenvalue weighted by Crippen LogP contribution is -2.05. The molecule has 0 atom stereocenters. The SMILES string of the molecule is CNCc1cncc(-c2cnccn2)c1. The van der Waals surface area contributed by atoms with Crippen LogP contribution in [-0.4, -0.2) is 22.0 Å². The summed E-state index contributed by atoms with van der Waals surface area (Å²) in [4.78, 5) is 12.4. The van der Waals surface area contributed by atoms with Gasteiger partial charge in [-0.05, 0) is 18.7 Å². The minimum absolute atomic E-state index is 0.807. The Morgan fingerprint density at radius 2 is 2.07 bits per heavy atom. The summed E-state index contributed by atoms with van der Waals surface area (Å²) in [5, 5.41) is 3.09. The monoisotopic (exact) mass is 200 g/mol. The van der Waals surface area contributed by atoms with E-state index in [-0.39, 0.29) is 0 Å². The third kappa shape index (κ3) is 2.35. The molecule has 0 saturated heterocycles. The predicted octanol–water partition coefficient (Wildman–Crippen LogP) is 1.26. The first-order valence-electron chi connectivity index (χ1n) is 4.75. The van der Waals surface area contributed by atoms with Crippen molar-refractivity contribution in [2.45, 2.75) is 6.54 Å². The lowest BCUT2D eigenvalue weighted by Gasteiger charge is -2.02. The van der Waals surface area contributed by atoms with Gasteiger partial charge in [-0.25, -0.2) is 0 Å². The van der Waals surface area contributed by atoms with E-state index in [0.29, 0.717) is 0 Å². The van der Waals surface area contributed by atoms with Gasteiger partial charge in [0, 0.05) is 36.9 Å². The van der Waals surface area contributed by atoms with Crippen LogP contribution in [0.25, 0.3) is 11.3 Å². The summed E-state index contributed by atoms with van der Waals surface area (Å²) in [6, 6.07) is 2.06. The molecule has 0 aliphatic heterocycles. The Labute approximate surface area is 88.4 Å². The Morgan fingerprint density at radius 3 is 2.80 bits per heavy atom. The second-order valence-electron chi connectivity index (χ2n) is 3.20. The summed E-state index contributed by atoms with van der Waals surface area (Å²) in [5.41, 5.74) is 2.99. The van der Waals surface area contributed by atoms with Gasteiger partial charge in [-0.2, -0.15) is 0 Å². The van der Waals surface area contributed by atoms with E-state index in [4.69, 9.17) is 0 Å². The maximum atomic E-state index is 4.23. The van der Waals surface area contributed by atoms with Crippen molar-refractivity contribution in [1.82, 2.24) is 20.3 Å². The van der Waals surface area contributed by atoms with E-state index in [9.17, 15) is 0 Å². The van der Waals surface area contributed by atoms with Crippen LogP contribution in [0.2, 0.25) is 0 Å². The van der Waals surface area contributed by atoms with Gasteiger partial charge in [0.2, 0.25) is 0 Å². The standard InChI is InChI=1S/C11H12N4/c1-12-5-9-4-10(7-14-6-9)11-8-13-2-3-15-11/h2-4,6-8,12H,5H2,1H3. The Bertz CT molecular complexity index is 428. The van der Waals surface area contributed by atoms with Crippen molar-refractivity contribution >= 4 is 0 Å². The molecule has 0 radical (unpaired) electrons. The van der Waals surface area contributed by atoms with E-state index in [1.54, 1.807) is 24.8 Å². The second kappa shape index (κ2) is 4.61. The number of hydrogen-bond donors (Lipinski definition) is 1. The van der Waals surface area contributed by atoms with Crippen molar-refractivity contribution in [3.8, 4) is 11.3 Å². The van der Waals surface area contributed by atoms with Crippen LogP contribution in [0, 0.1) is 0 Å². The van der Waals surface area contributed by atoms with Crippen molar-refractivity contribution in [2.24, 2.45) is 0 Å². The average Bonchev–Trinajstić information content (AvgIpc) is 2.31. The first-order chi connectivity index (χ1) is 7.40. The first kappa shape index (κ1) is 9.73. The molecular formula is C11H12N4. The fraction of sp³-hybridized carbons (Fsp3) is 0.182. The minimum Gasteiger partial charge on any atom is -0.316 e. The molecule has 2 aromatic rings. The summed E-state index contributed by atoms with van der Waals surface area (Å²) in [5.74, 6) is 0. The highest BCUT2D eigenvalue weighted by molar-refractivity contribution is 5.57. The molecule has 76 valence electrons. The highest BCUT2D eigenvalue weighted by atomic mass is 14.8. The summed E-state index contributed by atoms with van der Waals surface area (Å²) >= 11 is 0. The van der Waals surface area contributed by atoms with E-state index < -0.39 is 0 Å². The number of rotatable bonds is 3. The molecule has 0 aliphatic rings. The van der Waals surface area contributed by atoms with E-state index >= 15 is 0 Å². The van der Waals surface area contributed by atoms with E-state index in [1.165, 1.54) is 0 Å². The van der Waals surface area contributed by atoms with E-state index in [2.05, 4.69) is 26.3 Å². The third-order valence-corrected chi connectivity index (χ3v) is 2.03. The molecule has 0 amide bonds. The van der Waals surface area contributed by atoms with Gasteiger partial charge in [-0.15, -0.1) is 0 Å². The van der Waals surface area contributed by atoms with E-state index in [1.807, 2.05) is 13.2 Å². The van der Waals surface area contributed by atoms with Crippen molar-refractivity contribution in [3.05, 3.63) is 42.6 Å². The zero-order chi connectivity index (χ0) is 10.5. The number of nitrogens with one attached hydrogen (secondary N) is 1. The second-order valence-corrected chi connectivity index (χ2v) is 3.20. The minimum atomic E-state index is 0.807. The zero-order valence-electron chi connectivity index (χ0n) is 8.51. The summed E-state index contributed by atoms with van der Waals surface area (Å²) in [6.07, 6.45) is 8.72. The molecule has 15 heavy (non-hydrogen) atoms. The molecule has 0 spiro atoms. The first-order valence-corrected chi connectivity index (χ1v) is 4.75. The molecule has 2 heterocycles. The third-order valence-electron chi connectivity index (χ3n) is 2.03. The number of hydrogen-bond acceptors (Lipinski definition) is 4. The molecule has 0 fully saturated rings. The van der Waals surface area contributed by atoms with Gasteiger partial charge in [0.25, 0.3) is 0 Å². The number of pyridine rings is 1. The van der Waals surface area contributed by atoms with Gasteiger partial charge >= 0.3 is 0 Å². The summed E-state index contributed by atoms with van der Waals surface area (Å²) in [7, 11) is 1.91. The molecule has 1 N–H and O–H groups in total. The molecule has 0 unspecified atom stereocenters. The summed E-state index contributed by atoms with van der Waals surface area (Å²) in [6.45, 7) is 0.807. The van der Waals surface area contributed by atoms with Crippen molar-refractivity contribution in [3.63, 3.8) is 0 Å². The number of aromatic nitrogens is 3. The van der Waals surface area contributed by atoms with E-state index in [0.717, 1.165) is 23.4 Å². The molecule has 0 aromatic carbocycles. The maximum Gasteiger partial charge on any atom is 0.0900 e. The zero-order valence-corrected chi connectivity index (χ0v) is 8.51. The fourth-order valence-electron chi connectivity index (χ4n) is 1.38. The van der Waals surface area contributed by atoms with Crippen LogP contribution in [0.4, 0.5) is 0 Å². The van der Waals surface area contributed by atoms with Crippen LogP contribution >= 0.6 is 0 Å². The summed E-state index contributed by atoms with van der Waals surface area (Å²) < 4.78 is 0. The average molecular weight is 200 g/mol. The molecule has 0 aliphatic carbocycles. The Morgan fingerprint density at radius 1 is 1.13 bits per heavy atom. The van der Waals surface area contributed by atoms with Crippen molar-refractivity contribution in [1.29, 1.82) is 0 Å². The van der Waals surface area contributed by atoms with Crippen LogP contribution < -0.4 is 5.32 Å². The normalized spacial score (nSPS) is 10.2. The highest BCUT2D eigenvalue weighted by Crippen LogP contribution is 2.15. The molecule has 0 saturated carbocycles. The Kier molecular flexibility index (Phi) is 2.99. The van der Waals surface area contributed by atoms with Gasteiger partial charge in [-0.3, -0.25) is 15.0 Å². The molecule has 2 aromatic heterocycles. The van der Waals surface area contributed by atoms with Gasteiger partial charge in [0.1, 0.15) is 0 Å². The van der Waals surface area contributed by atoms with Crippen molar-refractivity contribution in [2.75, 3.05) is 7.05 Å². The number of nitrogens with zero attached hydrogens (tertiary/aromatic N) is 3. The molecule has 4 heteroatoms. The fourth-order valence-corrected chi connectivity index (χ4v) is 1.38. The lowest BCUT2D eigenvalue weighted by molar-refractivity contribution is 0.813. The molecule has 4 nitrogen and oxygen atoms in total. The van der Waals surface area contributed by atoms with Crippen LogP contribution in [0.1, 0.15) is 5.56 Å². The van der Waals surface area contributed by atoms with Gasteiger partial charge in [0.15, 0.2) is 0 Å². The molecular weight excluding hydrogens is 188 g/mol. The molecule has 2 rings (SSSR count). The molecule has 0 bridgehead atoms. The van der Waals surface area contributed by atoms with Crippen LogP contribution in [0.3, 0.4) is 0 Å². The Balaban J connectivity index is 2.33.